The molecule has 0 aromatic carbocycles. The Labute approximate surface area is 131 Å². The first-order valence-electron chi connectivity index (χ1n) is 6.58. The topological polar surface area (TPSA) is 46.9 Å². The van der Waals surface area contributed by atoms with Crippen LogP contribution in [0.2, 0.25) is 0 Å². The van der Waals surface area contributed by atoms with Crippen LogP contribution in [0.15, 0.2) is 27.6 Å². The number of nitrogens with one attached hydrogen (secondary N) is 1. The Bertz CT molecular complexity index is 650. The normalized spacial score (nSPS) is 12.4. The summed E-state index contributed by atoms with van der Waals surface area (Å²) in [5.74, 6) is 0. The molecule has 1 N–H and O–H groups in total. The van der Waals surface area contributed by atoms with Crippen molar-refractivity contribution in [1.82, 2.24) is 9.78 Å². The number of halogens is 1. The lowest BCUT2D eigenvalue weighted by atomic mass is 10.2. The number of aryl methyl sites for hydroxylation is 2. The summed E-state index contributed by atoms with van der Waals surface area (Å²) in [5.41, 5.74) is 0.650. The standard InChI is InChI=1S/C14H18BrN3OS/c1-4-18-14(19)13(15)12(8-16-18)17-9(2)7-11-6-5-10(3)20-11/h5-6,8-9,17H,4,7H2,1-3H3. The molecule has 2 rings (SSSR count). The third-order valence-electron chi connectivity index (χ3n) is 2.99. The van der Waals surface area contributed by atoms with Crippen molar-refractivity contribution in [3.8, 4) is 0 Å². The number of anilines is 1. The minimum Gasteiger partial charge on any atom is -0.380 e. The number of hydrogen-bond acceptors (Lipinski definition) is 4. The van der Waals surface area contributed by atoms with E-state index in [-0.39, 0.29) is 11.6 Å². The lowest BCUT2D eigenvalue weighted by molar-refractivity contribution is 0.612. The Morgan fingerprint density at radius 3 is 2.85 bits per heavy atom. The van der Waals surface area contributed by atoms with E-state index in [1.165, 1.54) is 14.4 Å². The van der Waals surface area contributed by atoms with Gasteiger partial charge in [-0.2, -0.15) is 5.10 Å². The van der Waals surface area contributed by atoms with Gasteiger partial charge < -0.3 is 5.32 Å². The highest BCUT2D eigenvalue weighted by Crippen LogP contribution is 2.21. The minimum atomic E-state index is -0.100. The summed E-state index contributed by atoms with van der Waals surface area (Å²) in [7, 11) is 0. The van der Waals surface area contributed by atoms with E-state index in [2.05, 4.69) is 52.3 Å². The van der Waals surface area contributed by atoms with Crippen molar-refractivity contribution in [1.29, 1.82) is 0 Å². The molecule has 2 aromatic rings. The van der Waals surface area contributed by atoms with Gasteiger partial charge in [-0.15, -0.1) is 11.3 Å². The highest BCUT2D eigenvalue weighted by molar-refractivity contribution is 9.10. The molecule has 108 valence electrons. The number of aromatic nitrogens is 2. The average molecular weight is 356 g/mol. The van der Waals surface area contributed by atoms with Gasteiger partial charge in [-0.05, 0) is 48.8 Å². The first-order valence-corrected chi connectivity index (χ1v) is 8.19. The summed E-state index contributed by atoms with van der Waals surface area (Å²) >= 11 is 5.16. The smallest absolute Gasteiger partial charge is 0.283 e. The molecule has 4 nitrogen and oxygen atoms in total. The molecule has 6 heteroatoms. The second-order valence-electron chi connectivity index (χ2n) is 4.76. The van der Waals surface area contributed by atoms with Crippen molar-refractivity contribution in [3.63, 3.8) is 0 Å². The molecule has 0 amide bonds. The van der Waals surface area contributed by atoms with Crippen LogP contribution >= 0.6 is 27.3 Å². The molecular formula is C14H18BrN3OS. The van der Waals surface area contributed by atoms with Gasteiger partial charge in [-0.3, -0.25) is 4.79 Å². The van der Waals surface area contributed by atoms with E-state index in [1.807, 2.05) is 6.92 Å². The van der Waals surface area contributed by atoms with Crippen LogP contribution in [0.3, 0.4) is 0 Å². The van der Waals surface area contributed by atoms with Crippen LogP contribution < -0.4 is 10.9 Å². The molecule has 0 bridgehead atoms. The predicted octanol–water partition coefficient (Wildman–Crippen LogP) is 3.44. The number of hydrogen-bond donors (Lipinski definition) is 1. The number of rotatable bonds is 5. The number of nitrogens with zero attached hydrogens (tertiary/aromatic N) is 2. The molecule has 0 aliphatic carbocycles. The predicted molar refractivity (Wildman–Crippen MR) is 87.7 cm³/mol. The van der Waals surface area contributed by atoms with Crippen LogP contribution in [0.4, 0.5) is 5.69 Å². The maximum absolute atomic E-state index is 12.0. The largest absolute Gasteiger partial charge is 0.380 e. The molecule has 0 spiro atoms. The monoisotopic (exact) mass is 355 g/mol. The van der Waals surface area contributed by atoms with Gasteiger partial charge >= 0.3 is 0 Å². The molecule has 20 heavy (non-hydrogen) atoms. The maximum Gasteiger partial charge on any atom is 0.283 e. The Balaban J connectivity index is 2.10. The highest BCUT2D eigenvalue weighted by Gasteiger charge is 2.11. The van der Waals surface area contributed by atoms with E-state index in [4.69, 9.17) is 0 Å². The fraction of sp³-hybridized carbons (Fsp3) is 0.429. The molecule has 2 heterocycles. The summed E-state index contributed by atoms with van der Waals surface area (Å²) in [6, 6.07) is 4.52. The second-order valence-corrected chi connectivity index (χ2v) is 6.92. The number of thiophene rings is 1. The summed E-state index contributed by atoms with van der Waals surface area (Å²) in [6.07, 6.45) is 2.63. The molecule has 0 aliphatic rings. The summed E-state index contributed by atoms with van der Waals surface area (Å²) in [4.78, 5) is 14.6. The zero-order chi connectivity index (χ0) is 14.7. The Hall–Kier alpha value is -1.14. The van der Waals surface area contributed by atoms with Crippen molar-refractivity contribution < 1.29 is 0 Å². The van der Waals surface area contributed by atoms with Gasteiger partial charge in [0.2, 0.25) is 0 Å². The average Bonchev–Trinajstić information content (AvgIpc) is 2.80. The van der Waals surface area contributed by atoms with Gasteiger partial charge in [-0.25, -0.2) is 4.68 Å². The molecule has 0 fully saturated rings. The van der Waals surface area contributed by atoms with Crippen molar-refractivity contribution in [2.45, 2.75) is 39.8 Å². The van der Waals surface area contributed by atoms with E-state index in [9.17, 15) is 4.79 Å². The van der Waals surface area contributed by atoms with Gasteiger partial charge in [0.05, 0.1) is 11.9 Å². The van der Waals surface area contributed by atoms with E-state index >= 15 is 0 Å². The van der Waals surface area contributed by atoms with Crippen molar-refractivity contribution in [2.24, 2.45) is 0 Å². The molecule has 0 saturated heterocycles. The van der Waals surface area contributed by atoms with Gasteiger partial charge in [0, 0.05) is 28.8 Å². The molecule has 1 unspecified atom stereocenters. The summed E-state index contributed by atoms with van der Waals surface area (Å²) in [5, 5.41) is 7.48. The van der Waals surface area contributed by atoms with Crippen LogP contribution in [0.25, 0.3) is 0 Å². The van der Waals surface area contributed by atoms with E-state index in [0.29, 0.717) is 11.0 Å². The fourth-order valence-electron chi connectivity index (χ4n) is 2.00. The minimum absolute atomic E-state index is 0.100. The van der Waals surface area contributed by atoms with Crippen LogP contribution in [-0.2, 0) is 13.0 Å². The second kappa shape index (κ2) is 6.54. The molecular weight excluding hydrogens is 338 g/mol. The zero-order valence-electron chi connectivity index (χ0n) is 11.8. The first kappa shape index (κ1) is 15.3. The third kappa shape index (κ3) is 3.49. The summed E-state index contributed by atoms with van der Waals surface area (Å²) in [6.45, 7) is 6.68. The van der Waals surface area contributed by atoms with Crippen LogP contribution in [0, 0.1) is 6.92 Å². The molecule has 0 radical (unpaired) electrons. The molecule has 1 atom stereocenters. The Morgan fingerprint density at radius 1 is 1.50 bits per heavy atom. The molecule has 0 aliphatic heterocycles. The fourth-order valence-corrected chi connectivity index (χ4v) is 3.44. The SMILES string of the molecule is CCn1ncc(NC(C)Cc2ccc(C)s2)c(Br)c1=O. The first-order chi connectivity index (χ1) is 9.51. The van der Waals surface area contributed by atoms with Gasteiger partial charge in [0.1, 0.15) is 4.47 Å². The Kier molecular flexibility index (Phi) is 4.99. The van der Waals surface area contributed by atoms with Crippen LogP contribution in [0.1, 0.15) is 23.6 Å². The quantitative estimate of drug-likeness (QED) is 0.893. The Morgan fingerprint density at radius 2 is 2.25 bits per heavy atom. The molecule has 0 saturated carbocycles. The molecule has 2 aromatic heterocycles. The maximum atomic E-state index is 12.0. The van der Waals surface area contributed by atoms with Crippen molar-refractivity contribution in [2.75, 3.05) is 5.32 Å². The van der Waals surface area contributed by atoms with Crippen LogP contribution in [-0.4, -0.2) is 15.8 Å². The van der Waals surface area contributed by atoms with Crippen LogP contribution in [0.5, 0.6) is 0 Å². The van der Waals surface area contributed by atoms with Gasteiger partial charge in [0.15, 0.2) is 0 Å². The van der Waals surface area contributed by atoms with Gasteiger partial charge in [0.25, 0.3) is 5.56 Å². The lowest BCUT2D eigenvalue weighted by Gasteiger charge is -2.15. The summed E-state index contributed by atoms with van der Waals surface area (Å²) < 4.78 is 1.98. The highest BCUT2D eigenvalue weighted by atomic mass is 79.9. The van der Waals surface area contributed by atoms with E-state index < -0.39 is 0 Å². The van der Waals surface area contributed by atoms with Gasteiger partial charge in [-0.1, -0.05) is 0 Å². The lowest BCUT2D eigenvalue weighted by Crippen LogP contribution is -2.26. The third-order valence-corrected chi connectivity index (χ3v) is 4.78. The van der Waals surface area contributed by atoms with E-state index in [1.54, 1.807) is 17.5 Å². The van der Waals surface area contributed by atoms with E-state index in [0.717, 1.165) is 12.1 Å². The zero-order valence-corrected chi connectivity index (χ0v) is 14.2. The van der Waals surface area contributed by atoms with Crippen molar-refractivity contribution in [3.05, 3.63) is 42.9 Å². The van der Waals surface area contributed by atoms with Crippen molar-refractivity contribution >= 4 is 33.0 Å².